The van der Waals surface area contributed by atoms with Gasteiger partial charge in [-0.3, -0.25) is 9.59 Å². The first-order valence-electron chi connectivity index (χ1n) is 11.4. The Bertz CT molecular complexity index is 860. The van der Waals surface area contributed by atoms with Crippen LogP contribution in [0, 0.1) is 11.8 Å². The number of carboxylic acid groups (broad SMARTS) is 1. The Morgan fingerprint density at radius 1 is 1.28 bits per heavy atom. The maximum absolute atomic E-state index is 12.4. The van der Waals surface area contributed by atoms with E-state index >= 15 is 0 Å². The third-order valence-corrected chi connectivity index (χ3v) is 5.52. The normalized spacial score (nSPS) is 20.9. The fourth-order valence-corrected chi connectivity index (χ4v) is 3.73. The molecule has 1 saturated carbocycles. The van der Waals surface area contributed by atoms with Crippen LogP contribution < -0.4 is 5.32 Å². The minimum atomic E-state index is -1.19. The molecule has 3 rings (SSSR count). The molecule has 0 spiro atoms. The lowest BCUT2D eigenvalue weighted by molar-refractivity contribution is -0.144. The number of carbonyl (C=O) groups excluding carboxylic acids is 2. The van der Waals surface area contributed by atoms with Gasteiger partial charge in [0, 0.05) is 24.7 Å². The molecule has 0 saturated heterocycles. The van der Waals surface area contributed by atoms with Crippen molar-refractivity contribution in [2.24, 2.45) is 11.8 Å². The summed E-state index contributed by atoms with van der Waals surface area (Å²) < 4.78 is 11.5. The van der Waals surface area contributed by atoms with Gasteiger partial charge in [0.25, 0.3) is 0 Å². The number of hydrogen-bond acceptors (Lipinski definition) is 6. The van der Waals surface area contributed by atoms with Crippen LogP contribution in [0.25, 0.3) is 0 Å². The second-order valence-corrected chi connectivity index (χ2v) is 9.62. The topological polar surface area (TPSA) is 105 Å². The number of nitrogens with one attached hydrogen (secondary N) is 1. The number of carboxylic acids is 1. The Morgan fingerprint density at radius 3 is 2.59 bits per heavy atom. The molecule has 2 aliphatic carbocycles. The van der Waals surface area contributed by atoms with Gasteiger partial charge in [-0.15, -0.1) is 0 Å². The largest absolute Gasteiger partial charge is 0.491 e. The standard InChI is InChI=1S/C24H34N2O6/c1-5-6-9-31-21-17-11-18(22(28)29)20(27)10-16(17)14-26(13-15-7-8-15)19(21)12-25-23(30)32-24(2,3)4/h11,14-15,18H,5-10,12-13H2,1-4H3,(H,25,30)(H,28,29). The first-order chi connectivity index (χ1) is 15.1. The summed E-state index contributed by atoms with van der Waals surface area (Å²) in [6.07, 6.45) is 6.99. The number of carbonyl (C=O) groups is 3. The van der Waals surface area contributed by atoms with Crippen LogP contribution in [0.5, 0.6) is 0 Å². The van der Waals surface area contributed by atoms with E-state index in [4.69, 9.17) is 9.47 Å². The molecule has 0 aromatic heterocycles. The molecule has 1 atom stereocenters. The van der Waals surface area contributed by atoms with Crippen molar-refractivity contribution >= 4 is 17.8 Å². The van der Waals surface area contributed by atoms with Gasteiger partial charge in [0.05, 0.1) is 18.8 Å². The van der Waals surface area contributed by atoms with E-state index in [1.807, 2.05) is 6.20 Å². The number of ketones is 1. The lowest BCUT2D eigenvalue weighted by Gasteiger charge is -2.35. The molecule has 0 aromatic carbocycles. The zero-order chi connectivity index (χ0) is 23.5. The van der Waals surface area contributed by atoms with E-state index in [1.165, 1.54) is 6.08 Å². The predicted octanol–water partition coefficient (Wildman–Crippen LogP) is 3.75. The lowest BCUT2D eigenvalue weighted by Crippen LogP contribution is -2.39. The molecular formula is C24H34N2O6. The Kier molecular flexibility index (Phi) is 7.31. The highest BCUT2D eigenvalue weighted by molar-refractivity contribution is 6.03. The van der Waals surface area contributed by atoms with Crippen molar-refractivity contribution in [1.82, 2.24) is 10.2 Å². The molecule has 32 heavy (non-hydrogen) atoms. The van der Waals surface area contributed by atoms with Crippen LogP contribution in [0.15, 0.2) is 34.9 Å². The molecule has 0 radical (unpaired) electrons. The lowest BCUT2D eigenvalue weighted by atomic mass is 9.83. The molecule has 8 heteroatoms. The van der Waals surface area contributed by atoms with E-state index in [-0.39, 0.29) is 18.7 Å². The van der Waals surface area contributed by atoms with E-state index in [0.29, 0.717) is 23.9 Å². The summed E-state index contributed by atoms with van der Waals surface area (Å²) in [4.78, 5) is 38.4. The number of nitrogens with zero attached hydrogens (tertiary/aromatic N) is 1. The van der Waals surface area contributed by atoms with E-state index in [1.54, 1.807) is 20.8 Å². The van der Waals surface area contributed by atoms with Gasteiger partial charge < -0.3 is 24.8 Å². The number of fused-ring (bicyclic) bond motifs is 1. The van der Waals surface area contributed by atoms with Crippen LogP contribution in [0.4, 0.5) is 4.79 Å². The molecule has 176 valence electrons. The van der Waals surface area contributed by atoms with Crippen LogP contribution in [-0.2, 0) is 19.1 Å². The maximum Gasteiger partial charge on any atom is 0.407 e. The van der Waals surface area contributed by atoms with Crippen molar-refractivity contribution in [2.45, 2.75) is 65.4 Å². The number of alkyl carbamates (subject to hydrolysis) is 1. The number of unbranched alkanes of at least 4 members (excludes halogenated alkanes) is 1. The van der Waals surface area contributed by atoms with Crippen molar-refractivity contribution < 1.29 is 29.0 Å². The Morgan fingerprint density at radius 2 is 2.00 bits per heavy atom. The second kappa shape index (κ2) is 9.79. The SMILES string of the molecule is CCCCOC1=C(CNC(=O)OC(C)(C)C)N(CC2CC2)C=C2CC(=O)C(C(=O)O)C=C21. The number of hydrogen-bond donors (Lipinski definition) is 2. The first-order valence-corrected chi connectivity index (χ1v) is 11.4. The molecule has 1 heterocycles. The van der Waals surface area contributed by atoms with Gasteiger partial charge in [-0.05, 0) is 51.5 Å². The number of allylic oxidation sites excluding steroid dienone is 1. The zero-order valence-corrected chi connectivity index (χ0v) is 19.4. The number of aliphatic carboxylic acids is 1. The van der Waals surface area contributed by atoms with Crippen molar-refractivity contribution in [2.75, 3.05) is 19.7 Å². The van der Waals surface area contributed by atoms with E-state index in [9.17, 15) is 19.5 Å². The van der Waals surface area contributed by atoms with Gasteiger partial charge in [0.2, 0.25) is 0 Å². The third kappa shape index (κ3) is 6.14. The average molecular weight is 447 g/mol. The van der Waals surface area contributed by atoms with Crippen molar-refractivity contribution in [3.05, 3.63) is 34.9 Å². The number of amides is 1. The monoisotopic (exact) mass is 446 g/mol. The van der Waals surface area contributed by atoms with Gasteiger partial charge in [0.1, 0.15) is 17.3 Å². The minimum absolute atomic E-state index is 0.0530. The molecule has 1 fully saturated rings. The molecule has 1 amide bonds. The molecule has 0 aromatic rings. The second-order valence-electron chi connectivity index (χ2n) is 9.62. The molecule has 1 aliphatic heterocycles. The van der Waals surface area contributed by atoms with E-state index < -0.39 is 23.6 Å². The maximum atomic E-state index is 12.4. The highest BCUT2D eigenvalue weighted by atomic mass is 16.6. The molecule has 1 unspecified atom stereocenters. The minimum Gasteiger partial charge on any atom is -0.491 e. The fraction of sp³-hybridized carbons (Fsp3) is 0.625. The quantitative estimate of drug-likeness (QED) is 0.410. The van der Waals surface area contributed by atoms with E-state index in [0.717, 1.165) is 43.5 Å². The summed E-state index contributed by atoms with van der Waals surface area (Å²) in [5, 5.41) is 12.3. The summed E-state index contributed by atoms with van der Waals surface area (Å²) in [7, 11) is 0. The Balaban J connectivity index is 1.95. The third-order valence-electron chi connectivity index (χ3n) is 5.52. The molecular weight excluding hydrogens is 412 g/mol. The van der Waals surface area contributed by atoms with Gasteiger partial charge in [-0.2, -0.15) is 0 Å². The van der Waals surface area contributed by atoms with Gasteiger partial charge in [0.15, 0.2) is 5.78 Å². The smallest absolute Gasteiger partial charge is 0.407 e. The Labute approximate surface area is 189 Å². The summed E-state index contributed by atoms with van der Waals surface area (Å²) in [5.74, 6) is -1.59. The molecule has 8 nitrogen and oxygen atoms in total. The number of Topliss-reactive ketones (excluding diaryl/α,β-unsaturated/α-hetero) is 1. The molecule has 3 aliphatic rings. The van der Waals surface area contributed by atoms with Gasteiger partial charge in [-0.25, -0.2) is 4.79 Å². The van der Waals surface area contributed by atoms with Crippen LogP contribution in [0.3, 0.4) is 0 Å². The van der Waals surface area contributed by atoms with Gasteiger partial charge in [-0.1, -0.05) is 19.4 Å². The Hall–Kier alpha value is -2.77. The highest BCUT2D eigenvalue weighted by Crippen LogP contribution is 2.40. The highest BCUT2D eigenvalue weighted by Gasteiger charge is 2.37. The van der Waals surface area contributed by atoms with E-state index in [2.05, 4.69) is 17.1 Å². The van der Waals surface area contributed by atoms with Crippen LogP contribution in [0.1, 0.15) is 59.8 Å². The number of ether oxygens (including phenoxy) is 2. The molecule has 0 bridgehead atoms. The first kappa shape index (κ1) is 23.9. The summed E-state index contributed by atoms with van der Waals surface area (Å²) in [6.45, 7) is 8.88. The average Bonchev–Trinajstić information content (AvgIpc) is 3.49. The van der Waals surface area contributed by atoms with Crippen LogP contribution in [-0.4, -0.2) is 53.1 Å². The number of rotatable bonds is 9. The van der Waals surface area contributed by atoms with Crippen molar-refractivity contribution in [3.8, 4) is 0 Å². The summed E-state index contributed by atoms with van der Waals surface area (Å²) in [5.41, 5.74) is 1.54. The zero-order valence-electron chi connectivity index (χ0n) is 19.4. The van der Waals surface area contributed by atoms with Crippen molar-refractivity contribution in [3.63, 3.8) is 0 Å². The van der Waals surface area contributed by atoms with Crippen LogP contribution >= 0.6 is 0 Å². The summed E-state index contributed by atoms with van der Waals surface area (Å²) in [6, 6.07) is 0. The fourth-order valence-electron chi connectivity index (χ4n) is 3.73. The predicted molar refractivity (Wildman–Crippen MR) is 118 cm³/mol. The van der Waals surface area contributed by atoms with Crippen LogP contribution in [0.2, 0.25) is 0 Å². The molecule has 2 N–H and O–H groups in total. The van der Waals surface area contributed by atoms with Crippen molar-refractivity contribution in [1.29, 1.82) is 0 Å². The summed E-state index contributed by atoms with van der Waals surface area (Å²) >= 11 is 0. The van der Waals surface area contributed by atoms with Gasteiger partial charge >= 0.3 is 12.1 Å².